The molecule has 162 valence electrons. The van der Waals surface area contributed by atoms with E-state index in [1.165, 1.54) is 12.1 Å². The van der Waals surface area contributed by atoms with Crippen molar-refractivity contribution in [2.75, 3.05) is 14.1 Å². The maximum Gasteiger partial charge on any atom is 0.281 e. The quantitative estimate of drug-likeness (QED) is 0.345. The van der Waals surface area contributed by atoms with Crippen molar-refractivity contribution in [3.8, 4) is 0 Å². The molecule has 2 aromatic carbocycles. The topological polar surface area (TPSA) is 81.4 Å². The average molecular weight is 439 g/mol. The van der Waals surface area contributed by atoms with Gasteiger partial charge in [-0.05, 0) is 43.7 Å². The monoisotopic (exact) mass is 438 g/mol. The lowest BCUT2D eigenvalue weighted by Gasteiger charge is -2.10. The van der Waals surface area contributed by atoms with Gasteiger partial charge >= 0.3 is 0 Å². The zero-order chi connectivity index (χ0) is 23.0. The molecule has 7 heteroatoms. The van der Waals surface area contributed by atoms with E-state index < -0.39 is 10.1 Å². The summed E-state index contributed by atoms with van der Waals surface area (Å²) >= 11 is 0. The Morgan fingerprint density at radius 3 is 1.94 bits per heavy atom. The smallest absolute Gasteiger partial charge is 0.281 e. The van der Waals surface area contributed by atoms with Crippen molar-refractivity contribution in [3.05, 3.63) is 95.8 Å². The second kappa shape index (κ2) is 10.7. The van der Waals surface area contributed by atoms with Gasteiger partial charge in [0.15, 0.2) is 5.78 Å². The normalized spacial score (nSPS) is 11.3. The number of carbonyl (C=O) groups is 1. The van der Waals surface area contributed by atoms with Gasteiger partial charge in [-0.2, -0.15) is 0 Å². The standard InChI is InChI=1S/C17H19N2O.C7H8O3S/c1-14(20)16-9-7-15(8-10-16)13-17(18(2)3)19-11-5-4-6-12-19;1-6-2-4-7(5-3-6)11(8,9)10/h4-13H,1-3H3;2-5H,1H3,(H,8,9,10)/q+1;/p-1. The molecule has 3 aromatic rings. The van der Waals surface area contributed by atoms with Crippen molar-refractivity contribution in [2.45, 2.75) is 18.7 Å². The number of hydrogen-bond donors (Lipinski definition) is 0. The van der Waals surface area contributed by atoms with E-state index in [0.717, 1.165) is 22.5 Å². The number of hydrogen-bond acceptors (Lipinski definition) is 5. The van der Waals surface area contributed by atoms with Crippen LogP contribution in [0.5, 0.6) is 0 Å². The van der Waals surface area contributed by atoms with Gasteiger partial charge in [0.25, 0.3) is 5.82 Å². The Hall–Kier alpha value is -3.29. The summed E-state index contributed by atoms with van der Waals surface area (Å²) in [5.74, 6) is 1.15. The Morgan fingerprint density at radius 2 is 1.48 bits per heavy atom. The van der Waals surface area contributed by atoms with Crippen molar-refractivity contribution in [1.29, 1.82) is 0 Å². The first-order chi connectivity index (χ1) is 14.6. The zero-order valence-corrected chi connectivity index (χ0v) is 18.8. The summed E-state index contributed by atoms with van der Waals surface area (Å²) < 4.78 is 33.2. The minimum absolute atomic E-state index is 0.0887. The molecular formula is C24H26N2O4S. The highest BCUT2D eigenvalue weighted by atomic mass is 32.2. The second-order valence-electron chi connectivity index (χ2n) is 7.13. The van der Waals surface area contributed by atoms with E-state index in [9.17, 15) is 17.8 Å². The van der Waals surface area contributed by atoms with Gasteiger partial charge in [-0.15, -0.1) is 0 Å². The highest BCUT2D eigenvalue weighted by molar-refractivity contribution is 7.85. The van der Waals surface area contributed by atoms with Crippen molar-refractivity contribution in [3.63, 3.8) is 0 Å². The van der Waals surface area contributed by atoms with E-state index in [0.29, 0.717) is 0 Å². The molecule has 0 atom stereocenters. The van der Waals surface area contributed by atoms with Gasteiger partial charge in [0.2, 0.25) is 0 Å². The first-order valence-corrected chi connectivity index (χ1v) is 11.0. The lowest BCUT2D eigenvalue weighted by Crippen LogP contribution is -2.38. The van der Waals surface area contributed by atoms with Gasteiger partial charge in [-0.1, -0.05) is 48.0 Å². The number of rotatable bonds is 5. The van der Waals surface area contributed by atoms with Crippen LogP contribution < -0.4 is 4.57 Å². The maximum absolute atomic E-state index is 11.3. The number of pyridine rings is 1. The fourth-order valence-electron chi connectivity index (χ4n) is 2.65. The van der Waals surface area contributed by atoms with Gasteiger partial charge in [0.05, 0.1) is 31.4 Å². The Morgan fingerprint density at radius 1 is 0.935 bits per heavy atom. The molecule has 1 heterocycles. The summed E-state index contributed by atoms with van der Waals surface area (Å²) in [6.45, 7) is 3.40. The SMILES string of the molecule is CC(=O)c1ccc(C=C(N(C)C)[n+]2ccccc2)cc1.Cc1ccc(S(=O)(=O)[O-])cc1. The Balaban J connectivity index is 0.000000262. The molecule has 31 heavy (non-hydrogen) atoms. The van der Waals surface area contributed by atoms with Gasteiger partial charge < -0.3 is 4.55 Å². The van der Waals surface area contributed by atoms with Gasteiger partial charge in [0, 0.05) is 11.6 Å². The van der Waals surface area contributed by atoms with E-state index in [4.69, 9.17) is 0 Å². The average Bonchev–Trinajstić information content (AvgIpc) is 2.73. The minimum Gasteiger partial charge on any atom is -0.744 e. The van der Waals surface area contributed by atoms with Crippen LogP contribution in [0.3, 0.4) is 0 Å². The lowest BCUT2D eigenvalue weighted by atomic mass is 10.1. The molecule has 0 spiro atoms. The summed E-state index contributed by atoms with van der Waals surface area (Å²) in [6, 6.07) is 19.4. The number of benzene rings is 2. The third-order valence-corrected chi connectivity index (χ3v) is 5.21. The first kappa shape index (κ1) is 24.0. The van der Waals surface area contributed by atoms with Gasteiger partial charge in [-0.3, -0.25) is 9.69 Å². The molecule has 0 aliphatic carbocycles. The molecule has 0 saturated carbocycles. The van der Waals surface area contributed by atoms with E-state index in [2.05, 4.69) is 15.5 Å². The molecule has 0 fully saturated rings. The fourth-order valence-corrected chi connectivity index (χ4v) is 3.12. The maximum atomic E-state index is 11.3. The van der Waals surface area contributed by atoms with Crippen LogP contribution in [0, 0.1) is 6.92 Å². The Labute approximate surface area is 183 Å². The largest absolute Gasteiger partial charge is 0.744 e. The van der Waals surface area contributed by atoms with E-state index >= 15 is 0 Å². The summed E-state index contributed by atoms with van der Waals surface area (Å²) in [7, 11) is -0.250. The van der Waals surface area contributed by atoms with Crippen molar-refractivity contribution >= 4 is 27.8 Å². The van der Waals surface area contributed by atoms with Gasteiger partial charge in [0.1, 0.15) is 10.1 Å². The Bertz CT molecular complexity index is 1140. The second-order valence-corrected chi connectivity index (χ2v) is 8.50. The summed E-state index contributed by atoms with van der Waals surface area (Å²) in [5.41, 5.74) is 2.73. The molecule has 3 rings (SSSR count). The molecule has 0 amide bonds. The van der Waals surface area contributed by atoms with Crippen LogP contribution in [0.1, 0.15) is 28.4 Å². The first-order valence-electron chi connectivity index (χ1n) is 9.57. The molecule has 0 aliphatic rings. The van der Waals surface area contributed by atoms with Crippen molar-refractivity contribution in [1.82, 2.24) is 4.90 Å². The van der Waals surface area contributed by atoms with E-state index in [1.807, 2.05) is 75.9 Å². The van der Waals surface area contributed by atoms with E-state index in [1.54, 1.807) is 19.1 Å². The van der Waals surface area contributed by atoms with Crippen LogP contribution in [0.4, 0.5) is 0 Å². The third-order valence-electron chi connectivity index (χ3n) is 4.36. The minimum atomic E-state index is -4.27. The van der Waals surface area contributed by atoms with Crippen molar-refractivity contribution < 1.29 is 22.3 Å². The van der Waals surface area contributed by atoms with Crippen LogP contribution in [-0.2, 0) is 10.1 Å². The number of nitrogens with zero attached hydrogens (tertiary/aromatic N) is 2. The highest BCUT2D eigenvalue weighted by Crippen LogP contribution is 2.11. The molecule has 0 unspecified atom stereocenters. The lowest BCUT2D eigenvalue weighted by molar-refractivity contribution is -0.590. The highest BCUT2D eigenvalue weighted by Gasteiger charge is 2.11. The Kier molecular flexibility index (Phi) is 8.24. The molecule has 6 nitrogen and oxygen atoms in total. The summed E-state index contributed by atoms with van der Waals surface area (Å²) in [5, 5.41) is 0. The molecule has 1 aromatic heterocycles. The van der Waals surface area contributed by atoms with Crippen molar-refractivity contribution in [2.24, 2.45) is 0 Å². The van der Waals surface area contributed by atoms with Gasteiger partial charge in [-0.25, -0.2) is 13.0 Å². The predicted octanol–water partition coefficient (Wildman–Crippen LogP) is 3.59. The zero-order valence-electron chi connectivity index (χ0n) is 18.0. The molecular weight excluding hydrogens is 412 g/mol. The molecule has 0 bridgehead atoms. The number of carbonyl (C=O) groups excluding carboxylic acids is 1. The molecule has 0 N–H and O–H groups in total. The third kappa shape index (κ3) is 7.47. The number of aryl methyl sites for hydroxylation is 1. The fraction of sp³-hybridized carbons (Fsp3) is 0.167. The summed E-state index contributed by atoms with van der Waals surface area (Å²) in [6.07, 6.45) is 6.11. The van der Waals surface area contributed by atoms with Crippen LogP contribution in [0.15, 0.2) is 84.0 Å². The number of ketones is 1. The number of Topliss-reactive ketones (excluding diaryl/α,β-unsaturated/α-hetero) is 1. The molecule has 0 aliphatic heterocycles. The van der Waals surface area contributed by atoms with E-state index in [-0.39, 0.29) is 10.7 Å². The van der Waals surface area contributed by atoms with Crippen LogP contribution >= 0.6 is 0 Å². The molecule has 0 saturated heterocycles. The molecule has 0 radical (unpaired) electrons. The summed E-state index contributed by atoms with van der Waals surface area (Å²) in [4.78, 5) is 13.2. The van der Waals surface area contributed by atoms with Crippen LogP contribution in [0.2, 0.25) is 0 Å². The predicted molar refractivity (Wildman–Crippen MR) is 120 cm³/mol. The number of aromatic nitrogens is 1. The van der Waals surface area contributed by atoms with Crippen LogP contribution in [0.25, 0.3) is 11.9 Å². The van der Waals surface area contributed by atoms with Crippen LogP contribution in [-0.4, -0.2) is 37.7 Å².